The molecule has 172 valence electrons. The van der Waals surface area contributed by atoms with Gasteiger partial charge < -0.3 is 18.6 Å². The summed E-state index contributed by atoms with van der Waals surface area (Å²) in [5.74, 6) is -1.72. The van der Waals surface area contributed by atoms with E-state index in [9.17, 15) is 14.4 Å². The van der Waals surface area contributed by atoms with E-state index in [4.69, 9.17) is 13.7 Å². The number of furan rings is 1. The van der Waals surface area contributed by atoms with Crippen LogP contribution in [0.1, 0.15) is 20.8 Å². The lowest BCUT2D eigenvalue weighted by Crippen LogP contribution is -2.75. The van der Waals surface area contributed by atoms with Gasteiger partial charge in [-0.15, -0.1) is 0 Å². The third-order valence-electron chi connectivity index (χ3n) is 6.72. The van der Waals surface area contributed by atoms with E-state index in [1.807, 2.05) is 6.92 Å². The number of urea groups is 1. The quantitative estimate of drug-likeness (QED) is 0.535. The normalized spacial score (nSPS) is 26.2. The first-order chi connectivity index (χ1) is 15.8. The van der Waals surface area contributed by atoms with Crippen molar-refractivity contribution in [2.24, 2.45) is 5.41 Å². The van der Waals surface area contributed by atoms with Crippen LogP contribution in [0, 0.1) is 11.2 Å². The third kappa shape index (κ3) is 2.56. The lowest BCUT2D eigenvalue weighted by molar-refractivity contribution is -0.153. The molecule has 11 heteroatoms. The Morgan fingerprint density at radius 2 is 2.00 bits per heavy atom. The lowest BCUT2D eigenvalue weighted by atomic mass is 9.66. The number of halogens is 1. The monoisotopic (exact) mass is 456 g/mol. The highest BCUT2D eigenvalue weighted by Gasteiger charge is 2.63. The highest BCUT2D eigenvalue weighted by atomic mass is 19.1. The van der Waals surface area contributed by atoms with Gasteiger partial charge in [0.15, 0.2) is 22.7 Å². The first kappa shape index (κ1) is 19.9. The molecule has 1 spiro atoms. The molecule has 0 aliphatic carbocycles. The summed E-state index contributed by atoms with van der Waals surface area (Å²) >= 11 is 0. The van der Waals surface area contributed by atoms with Crippen molar-refractivity contribution in [3.8, 4) is 11.5 Å². The summed E-state index contributed by atoms with van der Waals surface area (Å²) in [7, 11) is 0. The molecule has 2 N–H and O–H groups in total. The number of carbonyl (C=O) groups excluding carboxylic acids is 3. The minimum atomic E-state index is -1.69. The number of nitrogens with one attached hydrogen (secondary N) is 2. The molecule has 4 amide bonds. The minimum absolute atomic E-state index is 0. The van der Waals surface area contributed by atoms with Crippen LogP contribution in [0.4, 0.5) is 14.9 Å². The SMILES string of the molecule is C[C@@H]1CN2c3c(cc4c(-c5ccco5)noc4c3F)CC3(C(=O)NC(=O)NC3=O)[C@H]2[C@H](C)O1.[HH]. The average Bonchev–Trinajstić information content (AvgIpc) is 3.41. The molecule has 0 radical (unpaired) electrons. The molecule has 3 aliphatic heterocycles. The predicted octanol–water partition coefficient (Wildman–Crippen LogP) is 2.36. The maximum absolute atomic E-state index is 15.9. The zero-order chi connectivity index (χ0) is 23.1. The molecule has 5 heterocycles. The van der Waals surface area contributed by atoms with Crippen molar-refractivity contribution in [2.75, 3.05) is 11.4 Å². The number of hydrogen-bond donors (Lipinski definition) is 2. The van der Waals surface area contributed by atoms with Gasteiger partial charge in [0.05, 0.1) is 35.6 Å². The van der Waals surface area contributed by atoms with Crippen LogP contribution in [0.15, 0.2) is 33.4 Å². The number of amides is 4. The van der Waals surface area contributed by atoms with E-state index >= 15 is 4.39 Å². The molecule has 0 saturated carbocycles. The topological polar surface area (TPSA) is 127 Å². The number of ether oxygens (including phenoxy) is 1. The molecule has 0 bridgehead atoms. The summed E-state index contributed by atoms with van der Waals surface area (Å²) in [6, 6.07) is 3.29. The molecule has 0 unspecified atom stereocenters. The molecule has 3 aliphatic rings. The smallest absolute Gasteiger partial charge is 0.328 e. The van der Waals surface area contributed by atoms with E-state index in [1.165, 1.54) is 6.26 Å². The summed E-state index contributed by atoms with van der Waals surface area (Å²) in [5.41, 5.74) is -0.769. The molecule has 2 aromatic heterocycles. The Morgan fingerprint density at radius 3 is 2.70 bits per heavy atom. The van der Waals surface area contributed by atoms with Crippen LogP contribution in [0.2, 0.25) is 0 Å². The fourth-order valence-electron chi connectivity index (χ4n) is 5.54. The zero-order valence-corrected chi connectivity index (χ0v) is 17.7. The standard InChI is InChI=1S/C22H19FN4O6.H2/c1-9-8-27-16-11(6-12-15(13-4-3-5-31-13)26-33-17(12)14(16)23)7-22(18(27)10(2)32-9)19(28)24-21(30)25-20(22)29;/h3-6,9-10,18H,7-8H2,1-2H3,(H2,24,25,28,29,30);1H/t9-,10+,18-;/m1./s1. The largest absolute Gasteiger partial charge is 0.463 e. The number of nitrogens with zero attached hydrogens (tertiary/aromatic N) is 2. The van der Waals surface area contributed by atoms with Crippen LogP contribution in [-0.2, 0) is 20.7 Å². The van der Waals surface area contributed by atoms with Crippen molar-refractivity contribution in [2.45, 2.75) is 38.5 Å². The van der Waals surface area contributed by atoms with Gasteiger partial charge >= 0.3 is 6.03 Å². The Kier molecular flexibility index (Phi) is 4.01. The molecule has 3 aromatic rings. The van der Waals surface area contributed by atoms with Gasteiger partial charge in [0.25, 0.3) is 0 Å². The van der Waals surface area contributed by atoms with Crippen LogP contribution in [0.25, 0.3) is 22.4 Å². The minimum Gasteiger partial charge on any atom is -0.463 e. The van der Waals surface area contributed by atoms with Crippen LogP contribution >= 0.6 is 0 Å². The zero-order valence-electron chi connectivity index (χ0n) is 17.7. The summed E-state index contributed by atoms with van der Waals surface area (Å²) in [6.07, 6.45) is 0.440. The van der Waals surface area contributed by atoms with Crippen molar-refractivity contribution in [1.82, 2.24) is 15.8 Å². The van der Waals surface area contributed by atoms with E-state index in [1.54, 1.807) is 30.0 Å². The number of fused-ring (bicyclic) bond motifs is 5. The Morgan fingerprint density at radius 1 is 1.24 bits per heavy atom. The molecule has 1 aromatic carbocycles. The highest BCUT2D eigenvalue weighted by molar-refractivity contribution is 6.20. The number of hydrogen-bond acceptors (Lipinski definition) is 8. The molecule has 2 fully saturated rings. The van der Waals surface area contributed by atoms with Crippen molar-refractivity contribution in [1.29, 1.82) is 0 Å². The Balaban J connectivity index is 0.00000241. The van der Waals surface area contributed by atoms with Crippen molar-refractivity contribution >= 4 is 34.5 Å². The Hall–Kier alpha value is -3.73. The number of aromatic nitrogens is 1. The third-order valence-corrected chi connectivity index (χ3v) is 6.72. The number of benzene rings is 1. The average molecular weight is 456 g/mol. The molecule has 10 nitrogen and oxygen atoms in total. The Labute approximate surface area is 187 Å². The van der Waals surface area contributed by atoms with Gasteiger partial charge in [-0.2, -0.15) is 0 Å². The van der Waals surface area contributed by atoms with Gasteiger partial charge in [0, 0.05) is 14.4 Å². The molecule has 2 saturated heterocycles. The summed E-state index contributed by atoms with van der Waals surface area (Å²) in [6.45, 7) is 3.80. The second-order valence-corrected chi connectivity index (χ2v) is 8.72. The fourth-order valence-corrected chi connectivity index (χ4v) is 5.54. The number of rotatable bonds is 1. The van der Waals surface area contributed by atoms with Gasteiger partial charge in [-0.05, 0) is 37.6 Å². The molecular formula is C22H21FN4O6. The van der Waals surface area contributed by atoms with Crippen molar-refractivity contribution in [3.05, 3.63) is 35.8 Å². The number of carbonyl (C=O) groups is 3. The van der Waals surface area contributed by atoms with E-state index in [0.717, 1.165) is 0 Å². The predicted molar refractivity (Wildman–Crippen MR) is 113 cm³/mol. The molecule has 3 atom stereocenters. The lowest BCUT2D eigenvalue weighted by Gasteiger charge is -2.55. The van der Waals surface area contributed by atoms with Gasteiger partial charge in [-0.25, -0.2) is 9.18 Å². The molecule has 6 rings (SSSR count). The van der Waals surface area contributed by atoms with Gasteiger partial charge in [-0.3, -0.25) is 20.2 Å². The van der Waals surface area contributed by atoms with E-state index in [2.05, 4.69) is 15.8 Å². The number of barbiturate groups is 1. The van der Waals surface area contributed by atoms with Crippen LogP contribution in [0.5, 0.6) is 0 Å². The number of anilines is 1. The van der Waals surface area contributed by atoms with Crippen LogP contribution < -0.4 is 15.5 Å². The van der Waals surface area contributed by atoms with Gasteiger partial charge in [-0.1, -0.05) is 5.16 Å². The van der Waals surface area contributed by atoms with E-state index in [0.29, 0.717) is 22.4 Å². The van der Waals surface area contributed by atoms with Crippen molar-refractivity contribution < 1.29 is 33.9 Å². The maximum Gasteiger partial charge on any atom is 0.328 e. The summed E-state index contributed by atoms with van der Waals surface area (Å²) in [5, 5.41) is 8.78. The molecular weight excluding hydrogens is 435 g/mol. The number of imide groups is 2. The Bertz CT molecular complexity index is 1320. The van der Waals surface area contributed by atoms with Gasteiger partial charge in [0.2, 0.25) is 17.4 Å². The van der Waals surface area contributed by atoms with Crippen LogP contribution in [0.3, 0.4) is 0 Å². The van der Waals surface area contributed by atoms with Gasteiger partial charge in [0.1, 0.15) is 0 Å². The highest BCUT2D eigenvalue weighted by Crippen LogP contribution is 2.49. The molecule has 33 heavy (non-hydrogen) atoms. The van der Waals surface area contributed by atoms with Crippen LogP contribution in [-0.4, -0.2) is 47.8 Å². The van der Waals surface area contributed by atoms with Crippen molar-refractivity contribution in [3.63, 3.8) is 0 Å². The van der Waals surface area contributed by atoms with E-state index in [-0.39, 0.29) is 31.8 Å². The van der Waals surface area contributed by atoms with E-state index < -0.39 is 41.2 Å². The summed E-state index contributed by atoms with van der Waals surface area (Å²) in [4.78, 5) is 40.0. The maximum atomic E-state index is 15.9. The first-order valence-corrected chi connectivity index (χ1v) is 10.5. The second kappa shape index (κ2) is 6.64. The summed E-state index contributed by atoms with van der Waals surface area (Å²) < 4.78 is 32.6. The number of morpholine rings is 1. The second-order valence-electron chi connectivity index (χ2n) is 8.72. The first-order valence-electron chi connectivity index (χ1n) is 10.5. The fraction of sp³-hybridized carbons (Fsp3) is 0.364.